The normalized spacial score (nSPS) is 18.4. The van der Waals surface area contributed by atoms with Gasteiger partial charge < -0.3 is 14.2 Å². The number of nitriles is 1. The summed E-state index contributed by atoms with van der Waals surface area (Å²) in [4.78, 5) is 0. The predicted octanol–water partition coefficient (Wildman–Crippen LogP) is 5.86. The zero-order valence-electron chi connectivity index (χ0n) is 18.7. The third kappa shape index (κ3) is 5.56. The summed E-state index contributed by atoms with van der Waals surface area (Å²) >= 11 is 0. The fourth-order valence-electron chi connectivity index (χ4n) is 4.20. The first-order valence-corrected chi connectivity index (χ1v) is 11.2. The van der Waals surface area contributed by atoms with Crippen LogP contribution < -0.4 is 0 Å². The Balaban J connectivity index is 1.41. The summed E-state index contributed by atoms with van der Waals surface area (Å²) in [6.07, 6.45) is 2.46. The number of hydrogen-bond donors (Lipinski definition) is 0. The highest BCUT2D eigenvalue weighted by Crippen LogP contribution is 2.31. The first-order valence-electron chi connectivity index (χ1n) is 11.2. The Morgan fingerprint density at radius 2 is 1.85 bits per heavy atom. The molecule has 1 fully saturated rings. The van der Waals surface area contributed by atoms with Crippen molar-refractivity contribution in [2.24, 2.45) is 5.92 Å². The molecule has 0 saturated carbocycles. The molecule has 3 aromatic rings. The van der Waals surface area contributed by atoms with E-state index in [4.69, 9.17) is 19.5 Å². The number of rotatable bonds is 8. The molecule has 0 unspecified atom stereocenters. The number of fused-ring (bicyclic) bond motifs is 1. The van der Waals surface area contributed by atoms with E-state index in [1.54, 1.807) is 25.3 Å². The van der Waals surface area contributed by atoms with Crippen LogP contribution in [0.5, 0.6) is 0 Å². The van der Waals surface area contributed by atoms with Crippen molar-refractivity contribution >= 4 is 10.8 Å². The maximum atomic E-state index is 15.2. The Labute approximate surface area is 192 Å². The Bertz CT molecular complexity index is 1150. The summed E-state index contributed by atoms with van der Waals surface area (Å²) in [7, 11) is 1.70. The number of hydrogen-bond acceptors (Lipinski definition) is 4. The van der Waals surface area contributed by atoms with Crippen LogP contribution >= 0.6 is 0 Å². The van der Waals surface area contributed by atoms with Gasteiger partial charge in [0.15, 0.2) is 6.29 Å². The molecule has 1 aliphatic heterocycles. The molecule has 4 rings (SSSR count). The molecule has 0 aromatic heterocycles. The van der Waals surface area contributed by atoms with Gasteiger partial charge in [0.05, 0.1) is 18.8 Å². The summed E-state index contributed by atoms with van der Waals surface area (Å²) in [5.74, 6) is -0.451. The number of nitrogens with zero attached hydrogens (tertiary/aromatic N) is 1. The molecule has 0 atom stereocenters. The minimum absolute atomic E-state index is 0.0129. The fraction of sp³-hybridized carbons (Fsp3) is 0.370. The highest BCUT2D eigenvalue weighted by Gasteiger charge is 2.23. The van der Waals surface area contributed by atoms with Crippen molar-refractivity contribution in [3.8, 4) is 6.07 Å². The lowest BCUT2D eigenvalue weighted by Gasteiger charge is -2.29. The molecule has 0 N–H and O–H groups in total. The largest absolute Gasteiger partial charge is 0.385 e. The Morgan fingerprint density at radius 3 is 2.58 bits per heavy atom. The van der Waals surface area contributed by atoms with Crippen LogP contribution in [0.1, 0.15) is 41.4 Å². The quantitative estimate of drug-likeness (QED) is 0.403. The molecule has 0 spiro atoms. The van der Waals surface area contributed by atoms with E-state index in [1.165, 1.54) is 12.1 Å². The monoisotopic (exact) mass is 451 g/mol. The van der Waals surface area contributed by atoms with Gasteiger partial charge in [-0.1, -0.05) is 30.3 Å². The molecule has 172 valence electrons. The van der Waals surface area contributed by atoms with Gasteiger partial charge in [-0.15, -0.1) is 0 Å². The molecule has 0 aliphatic carbocycles. The molecule has 1 heterocycles. The number of halogens is 2. The third-order valence-corrected chi connectivity index (χ3v) is 6.09. The topological polar surface area (TPSA) is 51.5 Å². The van der Waals surface area contributed by atoms with Crippen LogP contribution in [0.4, 0.5) is 8.78 Å². The lowest BCUT2D eigenvalue weighted by molar-refractivity contribution is -0.206. The second kappa shape index (κ2) is 10.8. The summed E-state index contributed by atoms with van der Waals surface area (Å²) in [6, 6.07) is 15.5. The van der Waals surface area contributed by atoms with Crippen molar-refractivity contribution in [3.05, 3.63) is 82.4 Å². The van der Waals surface area contributed by atoms with Crippen LogP contribution in [0.2, 0.25) is 0 Å². The molecule has 0 amide bonds. The highest BCUT2D eigenvalue weighted by molar-refractivity contribution is 5.84. The first kappa shape index (κ1) is 23.3. The molecular weight excluding hydrogens is 424 g/mol. The second-order valence-corrected chi connectivity index (χ2v) is 8.44. The SMILES string of the molecule is COCCCC1COC(c2ccc3c(F)c(CCc4ccc(C#N)c(F)c4)ccc3c2)OC1. The van der Waals surface area contributed by atoms with E-state index in [0.29, 0.717) is 42.9 Å². The van der Waals surface area contributed by atoms with Gasteiger partial charge in [0.1, 0.15) is 17.7 Å². The number of ether oxygens (including phenoxy) is 3. The van der Waals surface area contributed by atoms with Crippen LogP contribution in [-0.4, -0.2) is 26.9 Å². The van der Waals surface area contributed by atoms with Crippen molar-refractivity contribution < 1.29 is 23.0 Å². The molecule has 4 nitrogen and oxygen atoms in total. The standard InChI is InChI=1S/C27H27F2NO3/c1-31-12-2-3-19-16-32-27(33-17-19)22-10-11-24-21(14-22)9-8-20(26(24)29)6-4-18-5-7-23(15-30)25(28)13-18/h5,7-11,13-14,19,27H,2-4,6,12,16-17H2,1H3. The fourth-order valence-corrected chi connectivity index (χ4v) is 4.20. The van der Waals surface area contributed by atoms with Crippen molar-refractivity contribution in [3.63, 3.8) is 0 Å². The third-order valence-electron chi connectivity index (χ3n) is 6.09. The van der Waals surface area contributed by atoms with Crippen LogP contribution in [0, 0.1) is 28.9 Å². The average molecular weight is 452 g/mol. The minimum Gasteiger partial charge on any atom is -0.385 e. The van der Waals surface area contributed by atoms with Gasteiger partial charge in [-0.3, -0.25) is 0 Å². The van der Waals surface area contributed by atoms with Gasteiger partial charge >= 0.3 is 0 Å². The van der Waals surface area contributed by atoms with Crippen molar-refractivity contribution in [1.29, 1.82) is 5.26 Å². The molecule has 6 heteroatoms. The van der Waals surface area contributed by atoms with Gasteiger partial charge in [-0.25, -0.2) is 8.78 Å². The highest BCUT2D eigenvalue weighted by atomic mass is 19.1. The van der Waals surface area contributed by atoms with Crippen molar-refractivity contribution in [2.45, 2.75) is 32.0 Å². The lowest BCUT2D eigenvalue weighted by atomic mass is 9.98. The van der Waals surface area contributed by atoms with E-state index in [0.717, 1.165) is 36.0 Å². The number of aryl methyl sites for hydroxylation is 2. The zero-order valence-corrected chi connectivity index (χ0v) is 18.7. The van der Waals surface area contributed by atoms with E-state index < -0.39 is 12.1 Å². The number of benzene rings is 3. The van der Waals surface area contributed by atoms with Crippen LogP contribution in [-0.2, 0) is 27.1 Å². The average Bonchev–Trinajstić information content (AvgIpc) is 2.84. The van der Waals surface area contributed by atoms with E-state index in [-0.39, 0.29) is 11.4 Å². The van der Waals surface area contributed by atoms with Gasteiger partial charge in [0, 0.05) is 30.6 Å². The van der Waals surface area contributed by atoms with E-state index >= 15 is 4.39 Å². The predicted molar refractivity (Wildman–Crippen MR) is 122 cm³/mol. The van der Waals surface area contributed by atoms with Gasteiger partial charge in [-0.05, 0) is 60.4 Å². The van der Waals surface area contributed by atoms with Crippen LogP contribution in [0.15, 0.2) is 48.5 Å². The van der Waals surface area contributed by atoms with Crippen molar-refractivity contribution in [2.75, 3.05) is 26.9 Å². The van der Waals surface area contributed by atoms with Crippen molar-refractivity contribution in [1.82, 2.24) is 0 Å². The molecule has 1 saturated heterocycles. The van der Waals surface area contributed by atoms with Gasteiger partial charge in [-0.2, -0.15) is 5.26 Å². The maximum Gasteiger partial charge on any atom is 0.183 e. The Hall–Kier alpha value is -2.85. The molecule has 0 bridgehead atoms. The van der Waals surface area contributed by atoms with Crippen LogP contribution in [0.3, 0.4) is 0 Å². The Morgan fingerprint density at radius 1 is 1.03 bits per heavy atom. The van der Waals surface area contributed by atoms with Gasteiger partial charge in [0.2, 0.25) is 0 Å². The lowest BCUT2D eigenvalue weighted by Crippen LogP contribution is -2.27. The maximum absolute atomic E-state index is 15.2. The zero-order chi connectivity index (χ0) is 23.2. The second-order valence-electron chi connectivity index (χ2n) is 8.44. The van der Waals surface area contributed by atoms with E-state index in [1.807, 2.05) is 24.3 Å². The number of methoxy groups -OCH3 is 1. The van der Waals surface area contributed by atoms with E-state index in [9.17, 15) is 4.39 Å². The molecule has 1 aliphatic rings. The molecule has 33 heavy (non-hydrogen) atoms. The first-order chi connectivity index (χ1) is 16.1. The molecule has 3 aromatic carbocycles. The van der Waals surface area contributed by atoms with E-state index in [2.05, 4.69) is 0 Å². The smallest absolute Gasteiger partial charge is 0.183 e. The summed E-state index contributed by atoms with van der Waals surface area (Å²) in [6.45, 7) is 2.01. The van der Waals surface area contributed by atoms with Gasteiger partial charge in [0.25, 0.3) is 0 Å². The summed E-state index contributed by atoms with van der Waals surface area (Å²) in [5.41, 5.74) is 2.19. The summed E-state index contributed by atoms with van der Waals surface area (Å²) in [5, 5.41) is 10.2. The molecule has 0 radical (unpaired) electrons. The molecular formula is C27H27F2NO3. The summed E-state index contributed by atoms with van der Waals surface area (Å²) < 4.78 is 45.9. The minimum atomic E-state index is -0.546. The van der Waals surface area contributed by atoms with Crippen LogP contribution in [0.25, 0.3) is 10.8 Å². The Kier molecular flexibility index (Phi) is 7.66.